The molecule has 1 aromatic rings. The van der Waals surface area contributed by atoms with E-state index in [1.165, 1.54) is 10.5 Å². The Kier molecular flexibility index (Phi) is 5.20. The molecule has 1 rings (SSSR count). The number of benzene rings is 1. The van der Waals surface area contributed by atoms with E-state index in [-0.39, 0.29) is 0 Å². The van der Waals surface area contributed by atoms with Crippen molar-refractivity contribution in [1.82, 2.24) is 5.32 Å². The molecule has 84 valence electrons. The summed E-state index contributed by atoms with van der Waals surface area (Å²) < 4.78 is 0. The summed E-state index contributed by atoms with van der Waals surface area (Å²) in [5.74, 6) is 0.706. The summed E-state index contributed by atoms with van der Waals surface area (Å²) in [6, 6.07) is 9.25. The predicted molar refractivity (Wildman–Crippen MR) is 69.5 cm³/mol. The Hall–Kier alpha value is -0.470. The van der Waals surface area contributed by atoms with E-state index in [0.717, 1.165) is 6.54 Å². The van der Waals surface area contributed by atoms with Crippen molar-refractivity contribution in [3.8, 4) is 0 Å². The summed E-state index contributed by atoms with van der Waals surface area (Å²) in [5.41, 5.74) is 1.37. The predicted octanol–water partition coefficient (Wildman–Crippen LogP) is 3.72. The number of hydrogen-bond donors (Lipinski definition) is 1. The third-order valence-electron chi connectivity index (χ3n) is 2.45. The van der Waals surface area contributed by atoms with Crippen molar-refractivity contribution in [3.63, 3.8) is 0 Å². The van der Waals surface area contributed by atoms with E-state index in [1.54, 1.807) is 11.8 Å². The van der Waals surface area contributed by atoms with Gasteiger partial charge in [0.1, 0.15) is 0 Å². The smallest absolute Gasteiger partial charge is 0.0291 e. The van der Waals surface area contributed by atoms with Crippen LogP contribution in [0.4, 0.5) is 0 Å². The molecular formula is C13H21NS. The third kappa shape index (κ3) is 4.27. The molecule has 1 N–H and O–H groups in total. The van der Waals surface area contributed by atoms with Crippen LogP contribution in [0, 0.1) is 5.92 Å². The van der Waals surface area contributed by atoms with E-state index >= 15 is 0 Å². The van der Waals surface area contributed by atoms with Gasteiger partial charge in [-0.3, -0.25) is 0 Å². The highest BCUT2D eigenvalue weighted by molar-refractivity contribution is 7.98. The molecule has 0 radical (unpaired) electrons. The zero-order valence-electron chi connectivity index (χ0n) is 10.1. The minimum atomic E-state index is 0.448. The van der Waals surface area contributed by atoms with Crippen LogP contribution in [0.1, 0.15) is 32.4 Å². The van der Waals surface area contributed by atoms with E-state index in [2.05, 4.69) is 56.6 Å². The highest BCUT2D eigenvalue weighted by Crippen LogP contribution is 2.18. The lowest BCUT2D eigenvalue weighted by atomic mass is 10.1. The normalized spacial score (nSPS) is 13.1. The fourth-order valence-electron chi connectivity index (χ4n) is 1.42. The fraction of sp³-hybridized carbons (Fsp3) is 0.538. The van der Waals surface area contributed by atoms with Crippen molar-refractivity contribution in [1.29, 1.82) is 0 Å². The molecule has 1 nitrogen and oxygen atoms in total. The van der Waals surface area contributed by atoms with Crippen LogP contribution in [0.15, 0.2) is 29.2 Å². The molecule has 0 aliphatic rings. The lowest BCUT2D eigenvalue weighted by molar-refractivity contribution is 0.496. The van der Waals surface area contributed by atoms with Gasteiger partial charge in [0.15, 0.2) is 0 Å². The minimum Gasteiger partial charge on any atom is -0.310 e. The van der Waals surface area contributed by atoms with Gasteiger partial charge in [0, 0.05) is 10.9 Å². The maximum Gasteiger partial charge on any atom is 0.0291 e. The minimum absolute atomic E-state index is 0.448. The van der Waals surface area contributed by atoms with E-state index in [9.17, 15) is 0 Å². The molecule has 0 spiro atoms. The summed E-state index contributed by atoms with van der Waals surface area (Å²) in [6.07, 6.45) is 2.11. The molecule has 0 aromatic heterocycles. The number of rotatable bonds is 5. The summed E-state index contributed by atoms with van der Waals surface area (Å²) in [7, 11) is 0. The quantitative estimate of drug-likeness (QED) is 0.764. The maximum atomic E-state index is 3.53. The average molecular weight is 223 g/mol. The van der Waals surface area contributed by atoms with Crippen LogP contribution in [-0.2, 0) is 0 Å². The average Bonchev–Trinajstić information content (AvgIpc) is 2.26. The first kappa shape index (κ1) is 12.6. The van der Waals surface area contributed by atoms with E-state index in [4.69, 9.17) is 0 Å². The summed E-state index contributed by atoms with van der Waals surface area (Å²) in [5, 5.41) is 3.53. The van der Waals surface area contributed by atoms with Crippen molar-refractivity contribution < 1.29 is 0 Å². The van der Waals surface area contributed by atoms with Gasteiger partial charge in [-0.05, 0) is 43.3 Å². The molecule has 0 aliphatic carbocycles. The van der Waals surface area contributed by atoms with Crippen LogP contribution in [0.5, 0.6) is 0 Å². The zero-order valence-corrected chi connectivity index (χ0v) is 10.9. The Labute approximate surface area is 97.7 Å². The molecular weight excluding hydrogens is 202 g/mol. The second-order valence-corrected chi connectivity index (χ2v) is 5.18. The van der Waals surface area contributed by atoms with Gasteiger partial charge in [-0.25, -0.2) is 0 Å². The molecule has 0 saturated carbocycles. The van der Waals surface area contributed by atoms with Gasteiger partial charge < -0.3 is 5.32 Å². The summed E-state index contributed by atoms with van der Waals surface area (Å²) >= 11 is 1.79. The van der Waals surface area contributed by atoms with Gasteiger partial charge in [-0.15, -0.1) is 11.8 Å². The van der Waals surface area contributed by atoms with Gasteiger partial charge in [-0.2, -0.15) is 0 Å². The molecule has 0 saturated heterocycles. The Bertz CT molecular complexity index is 279. The van der Waals surface area contributed by atoms with Crippen LogP contribution in [0.25, 0.3) is 0 Å². The highest BCUT2D eigenvalue weighted by Gasteiger charge is 2.04. The van der Waals surface area contributed by atoms with Crippen LogP contribution >= 0.6 is 11.8 Å². The van der Waals surface area contributed by atoms with Gasteiger partial charge in [0.25, 0.3) is 0 Å². The van der Waals surface area contributed by atoms with Gasteiger partial charge in [0.05, 0.1) is 0 Å². The van der Waals surface area contributed by atoms with Crippen LogP contribution in [0.3, 0.4) is 0 Å². The SMILES string of the molecule is CSc1ccc(C(C)NCC(C)C)cc1. The van der Waals surface area contributed by atoms with Crippen molar-refractivity contribution in [2.75, 3.05) is 12.8 Å². The van der Waals surface area contributed by atoms with Gasteiger partial charge >= 0.3 is 0 Å². The van der Waals surface area contributed by atoms with Crippen molar-refractivity contribution in [2.45, 2.75) is 31.7 Å². The second-order valence-electron chi connectivity index (χ2n) is 4.30. The molecule has 2 heteroatoms. The van der Waals surface area contributed by atoms with Crippen molar-refractivity contribution in [3.05, 3.63) is 29.8 Å². The molecule has 15 heavy (non-hydrogen) atoms. The first-order valence-electron chi connectivity index (χ1n) is 5.50. The molecule has 0 aliphatic heterocycles. The standard InChI is InChI=1S/C13H21NS/c1-10(2)9-14-11(3)12-5-7-13(15-4)8-6-12/h5-8,10-11,14H,9H2,1-4H3. The zero-order chi connectivity index (χ0) is 11.3. The van der Waals surface area contributed by atoms with Gasteiger partial charge in [-0.1, -0.05) is 26.0 Å². The van der Waals surface area contributed by atoms with E-state index in [0.29, 0.717) is 12.0 Å². The van der Waals surface area contributed by atoms with E-state index < -0.39 is 0 Å². The van der Waals surface area contributed by atoms with Crippen LogP contribution in [0.2, 0.25) is 0 Å². The highest BCUT2D eigenvalue weighted by atomic mass is 32.2. The summed E-state index contributed by atoms with van der Waals surface area (Å²) in [6.45, 7) is 7.76. The number of nitrogens with one attached hydrogen (secondary N) is 1. The molecule has 0 bridgehead atoms. The Morgan fingerprint density at radius 3 is 2.20 bits per heavy atom. The van der Waals surface area contributed by atoms with Crippen molar-refractivity contribution in [2.24, 2.45) is 5.92 Å². The largest absolute Gasteiger partial charge is 0.310 e. The molecule has 0 heterocycles. The number of thioether (sulfide) groups is 1. The Morgan fingerprint density at radius 1 is 1.13 bits per heavy atom. The first-order valence-corrected chi connectivity index (χ1v) is 6.73. The van der Waals surface area contributed by atoms with Crippen LogP contribution in [-0.4, -0.2) is 12.8 Å². The number of hydrogen-bond acceptors (Lipinski definition) is 2. The molecule has 1 unspecified atom stereocenters. The lowest BCUT2D eigenvalue weighted by Gasteiger charge is -2.16. The Morgan fingerprint density at radius 2 is 1.73 bits per heavy atom. The van der Waals surface area contributed by atoms with Crippen LogP contribution < -0.4 is 5.32 Å². The third-order valence-corrected chi connectivity index (χ3v) is 3.19. The van der Waals surface area contributed by atoms with E-state index in [1.807, 2.05) is 0 Å². The lowest BCUT2D eigenvalue weighted by Crippen LogP contribution is -2.23. The second kappa shape index (κ2) is 6.19. The molecule has 1 aromatic carbocycles. The monoisotopic (exact) mass is 223 g/mol. The molecule has 0 fully saturated rings. The fourth-order valence-corrected chi connectivity index (χ4v) is 1.83. The molecule has 0 amide bonds. The first-order chi connectivity index (χ1) is 7.13. The summed E-state index contributed by atoms with van der Waals surface area (Å²) in [4.78, 5) is 1.33. The topological polar surface area (TPSA) is 12.0 Å². The Balaban J connectivity index is 2.54. The van der Waals surface area contributed by atoms with Crippen molar-refractivity contribution >= 4 is 11.8 Å². The maximum absolute atomic E-state index is 3.53. The molecule has 1 atom stereocenters. The van der Waals surface area contributed by atoms with Gasteiger partial charge in [0.2, 0.25) is 0 Å².